The van der Waals surface area contributed by atoms with Crippen molar-refractivity contribution in [1.82, 2.24) is 14.8 Å². The molecule has 34 heavy (non-hydrogen) atoms. The quantitative estimate of drug-likeness (QED) is 0.540. The van der Waals surface area contributed by atoms with Gasteiger partial charge in [0, 0.05) is 12.2 Å². The van der Waals surface area contributed by atoms with E-state index in [9.17, 15) is 14.0 Å². The Morgan fingerprint density at radius 2 is 2.03 bits per heavy atom. The van der Waals surface area contributed by atoms with Crippen LogP contribution in [0.25, 0.3) is 11.4 Å². The van der Waals surface area contributed by atoms with Crippen LogP contribution in [0.5, 0.6) is 0 Å². The highest BCUT2D eigenvalue weighted by Gasteiger charge is 2.31. The van der Waals surface area contributed by atoms with Crippen LogP contribution in [0.2, 0.25) is 0 Å². The highest BCUT2D eigenvalue weighted by molar-refractivity contribution is 8.00. The minimum Gasteiger partial charge on any atom is -0.376 e. The van der Waals surface area contributed by atoms with E-state index in [4.69, 9.17) is 4.74 Å². The topological polar surface area (TPSA) is 89.3 Å². The highest BCUT2D eigenvalue weighted by Crippen LogP contribution is 2.33. The zero-order valence-electron chi connectivity index (χ0n) is 18.6. The van der Waals surface area contributed by atoms with Crippen LogP contribution in [-0.4, -0.2) is 51.1 Å². The first-order valence-corrected chi connectivity index (χ1v) is 12.0. The van der Waals surface area contributed by atoms with Gasteiger partial charge in [-0.15, -0.1) is 10.2 Å². The number of benzene rings is 2. The maximum atomic E-state index is 13.5. The van der Waals surface area contributed by atoms with Gasteiger partial charge in [-0.3, -0.25) is 19.1 Å². The summed E-state index contributed by atoms with van der Waals surface area (Å²) in [6.07, 6.45) is 1.95. The van der Waals surface area contributed by atoms with Gasteiger partial charge in [0.1, 0.15) is 12.4 Å². The van der Waals surface area contributed by atoms with E-state index >= 15 is 0 Å². The number of fused-ring (bicyclic) bond motifs is 1. The Balaban J connectivity index is 1.41. The predicted molar refractivity (Wildman–Crippen MR) is 127 cm³/mol. The minimum atomic E-state index is -0.521. The zero-order valence-corrected chi connectivity index (χ0v) is 19.4. The van der Waals surface area contributed by atoms with Crippen LogP contribution in [-0.2, 0) is 20.9 Å². The Bertz CT molecular complexity index is 1210. The fraction of sp³-hybridized carbons (Fsp3) is 0.333. The molecule has 2 aliphatic rings. The van der Waals surface area contributed by atoms with E-state index in [0.29, 0.717) is 35.5 Å². The predicted octanol–water partition coefficient (Wildman–Crippen LogP) is 3.73. The summed E-state index contributed by atoms with van der Waals surface area (Å²) in [6.45, 7) is 3.01. The monoisotopic (exact) mass is 481 g/mol. The molecule has 10 heteroatoms. The molecule has 8 nitrogen and oxygen atoms in total. The summed E-state index contributed by atoms with van der Waals surface area (Å²) in [5.41, 5.74) is 2.02. The van der Waals surface area contributed by atoms with Gasteiger partial charge in [0.15, 0.2) is 11.0 Å². The third kappa shape index (κ3) is 4.55. The van der Waals surface area contributed by atoms with Gasteiger partial charge < -0.3 is 10.1 Å². The van der Waals surface area contributed by atoms with E-state index in [1.54, 1.807) is 25.1 Å². The number of thioether (sulfide) groups is 1. The molecule has 0 aliphatic carbocycles. The molecule has 5 rings (SSSR count). The van der Waals surface area contributed by atoms with E-state index in [0.717, 1.165) is 18.4 Å². The van der Waals surface area contributed by atoms with Crippen molar-refractivity contribution >= 4 is 35.0 Å². The van der Waals surface area contributed by atoms with Gasteiger partial charge in [0.25, 0.3) is 0 Å². The van der Waals surface area contributed by atoms with Crippen molar-refractivity contribution in [3.63, 3.8) is 0 Å². The summed E-state index contributed by atoms with van der Waals surface area (Å²) >= 11 is 1.29. The number of carbonyl (C=O) groups is 2. The fourth-order valence-electron chi connectivity index (χ4n) is 4.20. The van der Waals surface area contributed by atoms with E-state index in [-0.39, 0.29) is 30.3 Å². The number of ether oxygens (including phenoxy) is 1. The average Bonchev–Trinajstić information content (AvgIpc) is 3.49. The number of rotatable bonds is 6. The van der Waals surface area contributed by atoms with Gasteiger partial charge in [0.05, 0.1) is 29.3 Å². The van der Waals surface area contributed by atoms with E-state index < -0.39 is 5.25 Å². The number of amides is 2. The Morgan fingerprint density at radius 1 is 1.24 bits per heavy atom. The Hall–Kier alpha value is -3.24. The lowest BCUT2D eigenvalue weighted by atomic mass is 10.2. The molecule has 0 radical (unpaired) electrons. The van der Waals surface area contributed by atoms with Gasteiger partial charge in [0.2, 0.25) is 11.8 Å². The van der Waals surface area contributed by atoms with Crippen LogP contribution in [0.1, 0.15) is 19.8 Å². The van der Waals surface area contributed by atoms with E-state index in [2.05, 4.69) is 15.5 Å². The normalized spacial score (nSPS) is 18.5. The molecule has 176 valence electrons. The summed E-state index contributed by atoms with van der Waals surface area (Å²) in [6, 6.07) is 13.3. The molecule has 0 bridgehead atoms. The second-order valence-corrected chi connectivity index (χ2v) is 9.62. The first-order valence-electron chi connectivity index (χ1n) is 11.2. The molecular formula is C24H24FN5O3S. The molecule has 0 unspecified atom stereocenters. The summed E-state index contributed by atoms with van der Waals surface area (Å²) < 4.78 is 21.2. The molecule has 1 saturated heterocycles. The minimum absolute atomic E-state index is 0.0261. The van der Waals surface area contributed by atoms with Crippen LogP contribution < -0.4 is 10.2 Å². The van der Waals surface area contributed by atoms with Crippen LogP contribution in [0.15, 0.2) is 53.7 Å². The third-order valence-corrected chi connectivity index (χ3v) is 6.96. The number of para-hydroxylation sites is 2. The number of aromatic nitrogens is 3. The second kappa shape index (κ2) is 9.55. The summed E-state index contributed by atoms with van der Waals surface area (Å²) in [5.74, 6) is -0.152. The lowest BCUT2D eigenvalue weighted by Gasteiger charge is -2.30. The number of hydrogen-bond acceptors (Lipinski definition) is 6. The number of anilines is 2. The highest BCUT2D eigenvalue weighted by atomic mass is 32.2. The molecule has 1 aromatic heterocycles. The van der Waals surface area contributed by atoms with Crippen LogP contribution >= 0.6 is 11.8 Å². The molecule has 1 N–H and O–H groups in total. The first kappa shape index (κ1) is 22.5. The molecule has 2 atom stereocenters. The van der Waals surface area contributed by atoms with Crippen molar-refractivity contribution in [3.8, 4) is 11.4 Å². The molecule has 1 fully saturated rings. The zero-order chi connectivity index (χ0) is 23.7. The summed E-state index contributed by atoms with van der Waals surface area (Å²) in [5, 5.41) is 11.6. The largest absolute Gasteiger partial charge is 0.376 e. The molecule has 2 aromatic carbocycles. The van der Waals surface area contributed by atoms with Crippen molar-refractivity contribution in [3.05, 3.63) is 54.3 Å². The number of nitrogens with zero attached hydrogens (tertiary/aromatic N) is 4. The van der Waals surface area contributed by atoms with Gasteiger partial charge in [-0.2, -0.15) is 0 Å². The van der Waals surface area contributed by atoms with Gasteiger partial charge >= 0.3 is 0 Å². The lowest BCUT2D eigenvalue weighted by Crippen LogP contribution is -2.45. The Morgan fingerprint density at radius 3 is 2.79 bits per heavy atom. The number of nitrogens with one attached hydrogen (secondary N) is 1. The Labute approximate surface area is 200 Å². The van der Waals surface area contributed by atoms with Crippen LogP contribution in [0.4, 0.5) is 15.8 Å². The molecule has 0 saturated carbocycles. The summed E-state index contributed by atoms with van der Waals surface area (Å²) in [4.78, 5) is 27.1. The van der Waals surface area contributed by atoms with E-state index in [1.807, 2.05) is 22.8 Å². The van der Waals surface area contributed by atoms with Crippen molar-refractivity contribution in [1.29, 1.82) is 0 Å². The first-order chi connectivity index (χ1) is 16.5. The third-order valence-electron chi connectivity index (χ3n) is 5.90. The SMILES string of the molecule is C[C@H](Sc1nnc(-c2ccc(F)cc2)n1C[C@@H]1CCCO1)C(=O)N1CC(=O)Nc2ccccc21. The lowest BCUT2D eigenvalue weighted by molar-refractivity contribution is -0.121. The number of hydrogen-bond donors (Lipinski definition) is 1. The second-order valence-electron chi connectivity index (χ2n) is 8.31. The van der Waals surface area contributed by atoms with Gasteiger partial charge in [-0.05, 0) is 56.2 Å². The average molecular weight is 482 g/mol. The number of halogens is 1. The smallest absolute Gasteiger partial charge is 0.244 e. The maximum Gasteiger partial charge on any atom is 0.244 e. The molecule has 3 aromatic rings. The molecule has 2 aliphatic heterocycles. The van der Waals surface area contributed by atoms with Crippen molar-refractivity contribution in [2.24, 2.45) is 0 Å². The van der Waals surface area contributed by atoms with Crippen molar-refractivity contribution in [2.75, 3.05) is 23.4 Å². The fourth-order valence-corrected chi connectivity index (χ4v) is 5.12. The standard InChI is InChI=1S/C24H24FN5O3S/c1-15(23(32)29-14-21(31)26-19-6-2-3-7-20(19)29)34-24-28-27-22(16-8-10-17(25)11-9-16)30(24)13-18-5-4-12-33-18/h2-3,6-11,15,18H,4-5,12-14H2,1H3,(H,26,31)/t15-,18-/m0/s1. The van der Waals surface area contributed by atoms with Gasteiger partial charge in [-0.1, -0.05) is 23.9 Å². The number of carbonyl (C=O) groups excluding carboxylic acids is 2. The molecule has 0 spiro atoms. The summed E-state index contributed by atoms with van der Waals surface area (Å²) in [7, 11) is 0. The molecule has 2 amide bonds. The van der Waals surface area contributed by atoms with Gasteiger partial charge in [-0.25, -0.2) is 4.39 Å². The van der Waals surface area contributed by atoms with Crippen molar-refractivity contribution in [2.45, 2.75) is 42.8 Å². The maximum absolute atomic E-state index is 13.5. The van der Waals surface area contributed by atoms with Crippen LogP contribution in [0.3, 0.4) is 0 Å². The van der Waals surface area contributed by atoms with Crippen LogP contribution in [0, 0.1) is 5.82 Å². The molecule has 3 heterocycles. The Kier molecular flexibility index (Phi) is 6.34. The van der Waals surface area contributed by atoms with E-state index in [1.165, 1.54) is 28.8 Å². The molecular weight excluding hydrogens is 457 g/mol. The van der Waals surface area contributed by atoms with Crippen molar-refractivity contribution < 1.29 is 18.7 Å².